The van der Waals surface area contributed by atoms with Crippen LogP contribution in [0.2, 0.25) is 0 Å². The maximum absolute atomic E-state index is 10.9. The van der Waals surface area contributed by atoms with Crippen LogP contribution in [0.15, 0.2) is 0 Å². The fourth-order valence-corrected chi connectivity index (χ4v) is 2.97. The molecular formula is C12H21NO3. The molecule has 2 rings (SSSR count). The Kier molecular flexibility index (Phi) is 3.82. The number of aliphatic carboxylic acids is 1. The second-order valence-electron chi connectivity index (χ2n) is 4.99. The molecule has 2 aliphatic rings. The molecule has 4 nitrogen and oxygen atoms in total. The summed E-state index contributed by atoms with van der Waals surface area (Å²) in [5, 5.41) is 9.01. The number of hydrogen-bond donors (Lipinski definition) is 1. The van der Waals surface area contributed by atoms with E-state index in [2.05, 4.69) is 11.8 Å². The first-order chi connectivity index (χ1) is 7.68. The number of carboxylic acid groups (broad SMARTS) is 1. The summed E-state index contributed by atoms with van der Waals surface area (Å²) in [7, 11) is 0. The van der Waals surface area contributed by atoms with Crippen molar-refractivity contribution in [2.24, 2.45) is 5.92 Å². The van der Waals surface area contributed by atoms with Crippen LogP contribution in [0.25, 0.3) is 0 Å². The van der Waals surface area contributed by atoms with Gasteiger partial charge in [-0.25, -0.2) is 0 Å². The second kappa shape index (κ2) is 5.15. The van der Waals surface area contributed by atoms with E-state index in [9.17, 15) is 4.79 Å². The Labute approximate surface area is 96.6 Å². The molecule has 0 aromatic heterocycles. The molecule has 16 heavy (non-hydrogen) atoms. The van der Waals surface area contributed by atoms with Gasteiger partial charge in [0.25, 0.3) is 0 Å². The van der Waals surface area contributed by atoms with Crippen LogP contribution in [-0.2, 0) is 9.53 Å². The summed E-state index contributed by atoms with van der Waals surface area (Å²) in [6.07, 6.45) is 3.80. The van der Waals surface area contributed by atoms with Crippen LogP contribution in [0.3, 0.4) is 0 Å². The summed E-state index contributed by atoms with van der Waals surface area (Å²) in [4.78, 5) is 13.4. The minimum Gasteiger partial charge on any atom is -0.481 e. The highest BCUT2D eigenvalue weighted by Crippen LogP contribution is 2.27. The van der Waals surface area contributed by atoms with E-state index in [4.69, 9.17) is 9.84 Å². The van der Waals surface area contributed by atoms with Crippen molar-refractivity contribution < 1.29 is 14.6 Å². The number of piperidine rings is 1. The predicted octanol–water partition coefficient (Wildman–Crippen LogP) is 1.35. The Hall–Kier alpha value is -0.610. The van der Waals surface area contributed by atoms with Gasteiger partial charge in [0, 0.05) is 25.3 Å². The number of carboxylic acids is 1. The smallest absolute Gasteiger partial charge is 0.306 e. The molecule has 0 bridgehead atoms. The first kappa shape index (κ1) is 11.9. The van der Waals surface area contributed by atoms with E-state index in [-0.39, 0.29) is 5.92 Å². The molecule has 2 atom stereocenters. The van der Waals surface area contributed by atoms with E-state index in [1.807, 2.05) is 0 Å². The molecule has 2 aliphatic heterocycles. The molecule has 0 spiro atoms. The zero-order chi connectivity index (χ0) is 11.5. The molecule has 1 N–H and O–H groups in total. The molecule has 0 saturated carbocycles. The number of nitrogens with zero attached hydrogens (tertiary/aromatic N) is 1. The largest absolute Gasteiger partial charge is 0.481 e. The van der Waals surface area contributed by atoms with E-state index in [1.54, 1.807) is 0 Å². The second-order valence-corrected chi connectivity index (χ2v) is 4.99. The third-order valence-electron chi connectivity index (χ3n) is 3.94. The molecule has 4 heteroatoms. The average molecular weight is 227 g/mol. The number of ether oxygens (including phenoxy) is 1. The quantitative estimate of drug-likeness (QED) is 0.773. The van der Waals surface area contributed by atoms with E-state index >= 15 is 0 Å². The van der Waals surface area contributed by atoms with Gasteiger partial charge < -0.3 is 9.84 Å². The van der Waals surface area contributed by atoms with Crippen LogP contribution in [0.1, 0.15) is 32.6 Å². The first-order valence-electron chi connectivity index (χ1n) is 6.24. The lowest BCUT2D eigenvalue weighted by molar-refractivity contribution is -0.144. The Morgan fingerprint density at radius 2 is 2.00 bits per heavy atom. The van der Waals surface area contributed by atoms with Crippen molar-refractivity contribution in [2.45, 2.75) is 44.7 Å². The third kappa shape index (κ3) is 2.55. The van der Waals surface area contributed by atoms with Crippen molar-refractivity contribution in [1.82, 2.24) is 4.90 Å². The fourth-order valence-electron chi connectivity index (χ4n) is 2.97. The van der Waals surface area contributed by atoms with Crippen LogP contribution < -0.4 is 0 Å². The summed E-state index contributed by atoms with van der Waals surface area (Å²) in [5.74, 6) is -0.760. The summed E-state index contributed by atoms with van der Waals surface area (Å²) < 4.78 is 5.36. The van der Waals surface area contributed by atoms with Crippen molar-refractivity contribution in [3.05, 3.63) is 0 Å². The van der Waals surface area contributed by atoms with E-state index in [0.29, 0.717) is 12.1 Å². The van der Waals surface area contributed by atoms with Crippen LogP contribution in [0, 0.1) is 5.92 Å². The molecule has 0 amide bonds. The van der Waals surface area contributed by atoms with Crippen molar-refractivity contribution in [3.63, 3.8) is 0 Å². The number of hydrogen-bond acceptors (Lipinski definition) is 3. The van der Waals surface area contributed by atoms with Crippen LogP contribution in [0.4, 0.5) is 0 Å². The lowest BCUT2D eigenvalue weighted by Crippen LogP contribution is -2.49. The van der Waals surface area contributed by atoms with Gasteiger partial charge in [0.1, 0.15) is 0 Å². The normalized spacial score (nSPS) is 33.8. The van der Waals surface area contributed by atoms with Gasteiger partial charge in [-0.1, -0.05) is 0 Å². The van der Waals surface area contributed by atoms with Crippen LogP contribution >= 0.6 is 0 Å². The van der Waals surface area contributed by atoms with E-state index in [0.717, 1.165) is 45.4 Å². The van der Waals surface area contributed by atoms with Gasteiger partial charge in [-0.15, -0.1) is 0 Å². The molecule has 0 aromatic carbocycles. The molecule has 0 aliphatic carbocycles. The standard InChI is InChI=1S/C12H21NO3/c1-9-8-10(12(14)15)2-5-13(9)11-3-6-16-7-4-11/h9-11H,2-8H2,1H3,(H,14,15). The Morgan fingerprint density at radius 3 is 2.56 bits per heavy atom. The highest BCUT2D eigenvalue weighted by Gasteiger charge is 2.33. The van der Waals surface area contributed by atoms with Crippen LogP contribution in [0.5, 0.6) is 0 Å². The molecule has 0 radical (unpaired) electrons. The lowest BCUT2D eigenvalue weighted by atomic mass is 9.89. The molecular weight excluding hydrogens is 206 g/mol. The summed E-state index contributed by atoms with van der Waals surface area (Å²) in [6.45, 7) is 4.81. The molecule has 2 fully saturated rings. The number of rotatable bonds is 2. The van der Waals surface area contributed by atoms with E-state index in [1.165, 1.54) is 0 Å². The Bertz CT molecular complexity index is 251. The van der Waals surface area contributed by atoms with E-state index < -0.39 is 5.97 Å². The first-order valence-corrected chi connectivity index (χ1v) is 6.24. The average Bonchev–Trinajstić information content (AvgIpc) is 2.30. The van der Waals surface area contributed by atoms with Crippen molar-refractivity contribution in [2.75, 3.05) is 19.8 Å². The third-order valence-corrected chi connectivity index (χ3v) is 3.94. The highest BCUT2D eigenvalue weighted by molar-refractivity contribution is 5.70. The minimum atomic E-state index is -0.626. The zero-order valence-electron chi connectivity index (χ0n) is 9.89. The molecule has 2 unspecified atom stereocenters. The molecule has 2 saturated heterocycles. The lowest BCUT2D eigenvalue weighted by Gasteiger charge is -2.42. The van der Waals surface area contributed by atoms with Gasteiger partial charge in [-0.3, -0.25) is 9.69 Å². The van der Waals surface area contributed by atoms with Gasteiger partial charge in [0.15, 0.2) is 0 Å². The summed E-state index contributed by atoms with van der Waals surface area (Å²) in [6, 6.07) is 1.01. The van der Waals surface area contributed by atoms with Crippen molar-refractivity contribution in [3.8, 4) is 0 Å². The van der Waals surface area contributed by atoms with Gasteiger partial charge in [-0.05, 0) is 39.2 Å². The van der Waals surface area contributed by atoms with Gasteiger partial charge >= 0.3 is 5.97 Å². The zero-order valence-corrected chi connectivity index (χ0v) is 9.89. The molecule has 2 heterocycles. The van der Waals surface area contributed by atoms with Gasteiger partial charge in [0.2, 0.25) is 0 Å². The highest BCUT2D eigenvalue weighted by atomic mass is 16.5. The molecule has 0 aromatic rings. The predicted molar refractivity (Wildman–Crippen MR) is 60.4 cm³/mol. The van der Waals surface area contributed by atoms with Gasteiger partial charge in [-0.2, -0.15) is 0 Å². The minimum absolute atomic E-state index is 0.133. The summed E-state index contributed by atoms with van der Waals surface area (Å²) >= 11 is 0. The molecule has 92 valence electrons. The maximum atomic E-state index is 10.9. The topological polar surface area (TPSA) is 49.8 Å². The Morgan fingerprint density at radius 1 is 1.31 bits per heavy atom. The monoisotopic (exact) mass is 227 g/mol. The number of likely N-dealkylation sites (tertiary alicyclic amines) is 1. The van der Waals surface area contributed by atoms with Crippen LogP contribution in [-0.4, -0.2) is 47.8 Å². The maximum Gasteiger partial charge on any atom is 0.306 e. The number of carbonyl (C=O) groups is 1. The van der Waals surface area contributed by atoms with Crippen molar-refractivity contribution >= 4 is 5.97 Å². The Balaban J connectivity index is 1.90. The van der Waals surface area contributed by atoms with Crippen molar-refractivity contribution in [1.29, 1.82) is 0 Å². The fraction of sp³-hybridized carbons (Fsp3) is 0.917. The van der Waals surface area contributed by atoms with Gasteiger partial charge in [0.05, 0.1) is 5.92 Å². The SMILES string of the molecule is CC1CC(C(=O)O)CCN1C1CCOCC1. The summed E-state index contributed by atoms with van der Waals surface area (Å²) in [5.41, 5.74) is 0.